The van der Waals surface area contributed by atoms with Crippen molar-refractivity contribution >= 4 is 5.91 Å². The number of nitrogens with one attached hydrogen (secondary N) is 1. The van der Waals surface area contributed by atoms with E-state index in [0.29, 0.717) is 12.8 Å². The molecule has 0 bridgehead atoms. The number of ether oxygens (including phenoxy) is 4. The lowest BCUT2D eigenvalue weighted by Crippen LogP contribution is -2.65. The van der Waals surface area contributed by atoms with Crippen molar-refractivity contribution in [3.05, 3.63) is 36.5 Å². The normalized spacial score (nSPS) is 23.4. The summed E-state index contributed by atoms with van der Waals surface area (Å²) in [5.41, 5.74) is 0. The molecule has 14 nitrogen and oxygen atoms in total. The van der Waals surface area contributed by atoms with Crippen molar-refractivity contribution in [2.75, 3.05) is 19.8 Å². The summed E-state index contributed by atoms with van der Waals surface area (Å²) in [6.45, 7) is 2.83. The number of hydrogen-bond donors (Lipinski definition) is 9. The molecule has 0 spiro atoms. The van der Waals surface area contributed by atoms with Crippen molar-refractivity contribution in [2.45, 2.75) is 402 Å². The summed E-state index contributed by atoms with van der Waals surface area (Å²) in [4.78, 5) is 13.3. The first-order chi connectivity index (χ1) is 42.6. The Kier molecular flexibility index (Phi) is 54.3. The Hall–Kier alpha value is -1.79. The Morgan fingerprint density at radius 3 is 1.13 bits per heavy atom. The molecule has 0 radical (unpaired) electrons. The lowest BCUT2D eigenvalue weighted by molar-refractivity contribution is -0.359. The van der Waals surface area contributed by atoms with Crippen LogP contribution in [0.5, 0.6) is 0 Å². The number of aliphatic hydroxyl groups excluding tert-OH is 8. The molecule has 9 N–H and O–H groups in total. The summed E-state index contributed by atoms with van der Waals surface area (Å²) in [7, 11) is 0. The number of hydrogen-bond acceptors (Lipinski definition) is 13. The van der Waals surface area contributed by atoms with Crippen molar-refractivity contribution in [1.82, 2.24) is 5.32 Å². The molecule has 14 heteroatoms. The fraction of sp³-hybridized carbons (Fsp3) is 0.904. The predicted molar refractivity (Wildman–Crippen MR) is 355 cm³/mol. The van der Waals surface area contributed by atoms with Gasteiger partial charge in [0.2, 0.25) is 5.91 Å². The molecule has 1 amide bonds. The van der Waals surface area contributed by atoms with Gasteiger partial charge < -0.3 is 65.1 Å². The van der Waals surface area contributed by atoms with Gasteiger partial charge in [0.25, 0.3) is 0 Å². The molecule has 512 valence electrons. The Balaban J connectivity index is 1.67. The van der Waals surface area contributed by atoms with Crippen LogP contribution in [0.3, 0.4) is 0 Å². The maximum absolute atomic E-state index is 13.3. The smallest absolute Gasteiger partial charge is 0.220 e. The Morgan fingerprint density at radius 1 is 0.402 bits per heavy atom. The summed E-state index contributed by atoms with van der Waals surface area (Å²) in [6, 6.07) is -0.934. The highest BCUT2D eigenvalue weighted by molar-refractivity contribution is 5.76. The predicted octanol–water partition coefficient (Wildman–Crippen LogP) is 15.3. The molecule has 12 unspecified atom stereocenters. The first kappa shape index (κ1) is 81.3. The summed E-state index contributed by atoms with van der Waals surface area (Å²) in [5, 5.41) is 87.4. The van der Waals surface area contributed by atoms with Crippen LogP contribution in [-0.4, -0.2) is 140 Å². The van der Waals surface area contributed by atoms with Crippen LogP contribution in [0.1, 0.15) is 328 Å². The molecule has 2 rings (SSSR count). The number of amides is 1. The van der Waals surface area contributed by atoms with Crippen LogP contribution in [0.2, 0.25) is 0 Å². The Bertz CT molecular complexity index is 1600. The number of carbonyl (C=O) groups excluding carboxylic acids is 1. The van der Waals surface area contributed by atoms with Crippen LogP contribution in [0.4, 0.5) is 0 Å². The second-order valence-electron chi connectivity index (χ2n) is 26.1. The second kappa shape index (κ2) is 58.1. The standard InChI is InChI=1S/C73H137NO13/c1-3-5-7-9-11-13-15-17-19-21-23-25-26-27-28-29-30-31-32-33-34-35-37-38-40-42-44-46-48-50-52-54-56-62(77)61(60-84-72-70(83)68(81)71(64(59-76)86-72)87-73-69(82)67(80)66(79)63(58-75)85-73)74-65(78)57-55-53-51-49-47-45-43-41-39-36-24-22-20-18-16-14-12-10-8-6-4-2/h22,24,46,48,54,56,61-64,66-73,75-77,79-83H,3-21,23,25-45,47,49-53,55,57-60H2,1-2H3,(H,74,78)/b24-22-,48-46+,56-54+. The minimum absolute atomic E-state index is 0.247. The van der Waals surface area contributed by atoms with Crippen LogP contribution in [0.25, 0.3) is 0 Å². The van der Waals surface area contributed by atoms with Crippen LogP contribution < -0.4 is 5.32 Å². The van der Waals surface area contributed by atoms with Crippen LogP contribution in [0, 0.1) is 0 Å². The zero-order valence-corrected chi connectivity index (χ0v) is 55.8. The van der Waals surface area contributed by atoms with E-state index in [0.717, 1.165) is 32.1 Å². The van der Waals surface area contributed by atoms with Gasteiger partial charge in [0.1, 0.15) is 48.8 Å². The minimum atomic E-state index is -1.79. The zero-order valence-electron chi connectivity index (χ0n) is 55.8. The summed E-state index contributed by atoms with van der Waals surface area (Å²) < 4.78 is 22.9. The van der Waals surface area contributed by atoms with E-state index in [1.54, 1.807) is 6.08 Å². The fourth-order valence-electron chi connectivity index (χ4n) is 12.2. The number of unbranched alkanes of at least 4 members (excludes halogenated alkanes) is 44. The van der Waals surface area contributed by atoms with Crippen LogP contribution in [-0.2, 0) is 23.7 Å². The molecule has 2 fully saturated rings. The lowest BCUT2D eigenvalue weighted by Gasteiger charge is -2.46. The first-order valence-electron chi connectivity index (χ1n) is 36.7. The second-order valence-corrected chi connectivity index (χ2v) is 26.1. The van der Waals surface area contributed by atoms with E-state index in [-0.39, 0.29) is 18.9 Å². The Morgan fingerprint density at radius 2 is 0.736 bits per heavy atom. The molecule has 0 aliphatic carbocycles. The van der Waals surface area contributed by atoms with E-state index < -0.39 is 86.8 Å². The fourth-order valence-corrected chi connectivity index (χ4v) is 12.2. The molecule has 0 aromatic rings. The molecule has 2 heterocycles. The van der Waals surface area contributed by atoms with Crippen molar-refractivity contribution in [3.63, 3.8) is 0 Å². The van der Waals surface area contributed by atoms with Gasteiger partial charge in [0, 0.05) is 6.42 Å². The third kappa shape index (κ3) is 42.1. The van der Waals surface area contributed by atoms with E-state index >= 15 is 0 Å². The average Bonchev–Trinajstić information content (AvgIpc) is 1.56. The zero-order chi connectivity index (χ0) is 63.1. The van der Waals surface area contributed by atoms with E-state index in [1.807, 2.05) is 6.08 Å². The SMILES string of the molecule is CCCCCCCCCC/C=C\CCCCCCCCCCCC(=O)NC(COC1OC(CO)C(OC2OC(CO)C(O)C(O)C2O)C(O)C1O)C(O)/C=C/CC/C=C/CCCCCCCCCCCCCCCCCCCCCCCCCCCC. The largest absolute Gasteiger partial charge is 0.394 e. The van der Waals surface area contributed by atoms with E-state index in [4.69, 9.17) is 18.9 Å². The summed E-state index contributed by atoms with van der Waals surface area (Å²) in [6.07, 6.45) is 57.9. The third-order valence-electron chi connectivity index (χ3n) is 18.0. The van der Waals surface area contributed by atoms with Crippen LogP contribution >= 0.6 is 0 Å². The van der Waals surface area contributed by atoms with Crippen molar-refractivity contribution < 1.29 is 64.6 Å². The van der Waals surface area contributed by atoms with Gasteiger partial charge in [-0.1, -0.05) is 301 Å². The van der Waals surface area contributed by atoms with Gasteiger partial charge in [-0.25, -0.2) is 0 Å². The molecule has 0 aromatic carbocycles. The maximum atomic E-state index is 13.3. The number of aliphatic hydroxyl groups is 8. The molecule has 87 heavy (non-hydrogen) atoms. The summed E-state index contributed by atoms with van der Waals surface area (Å²) >= 11 is 0. The van der Waals surface area contributed by atoms with Gasteiger partial charge in [0.05, 0.1) is 32.0 Å². The van der Waals surface area contributed by atoms with Gasteiger partial charge in [-0.05, 0) is 57.8 Å². The van der Waals surface area contributed by atoms with E-state index in [9.17, 15) is 45.6 Å². The lowest BCUT2D eigenvalue weighted by atomic mass is 9.97. The number of rotatable bonds is 61. The van der Waals surface area contributed by atoms with Crippen molar-refractivity contribution in [3.8, 4) is 0 Å². The molecule has 0 aromatic heterocycles. The third-order valence-corrected chi connectivity index (χ3v) is 18.0. The monoisotopic (exact) mass is 1240 g/mol. The minimum Gasteiger partial charge on any atom is -0.394 e. The van der Waals surface area contributed by atoms with E-state index in [1.165, 1.54) is 263 Å². The molecule has 2 aliphatic heterocycles. The van der Waals surface area contributed by atoms with Gasteiger partial charge in [-0.3, -0.25) is 4.79 Å². The van der Waals surface area contributed by atoms with Crippen LogP contribution in [0.15, 0.2) is 36.5 Å². The number of allylic oxidation sites excluding steroid dienone is 5. The van der Waals surface area contributed by atoms with Crippen molar-refractivity contribution in [1.29, 1.82) is 0 Å². The Labute approximate surface area is 531 Å². The highest BCUT2D eigenvalue weighted by atomic mass is 16.7. The molecule has 0 saturated carbocycles. The molecule has 12 atom stereocenters. The van der Waals surface area contributed by atoms with Crippen molar-refractivity contribution in [2.24, 2.45) is 0 Å². The highest BCUT2D eigenvalue weighted by Gasteiger charge is 2.51. The molecule has 2 aliphatic rings. The highest BCUT2D eigenvalue weighted by Crippen LogP contribution is 2.30. The molecular formula is C73H137NO13. The van der Waals surface area contributed by atoms with Gasteiger partial charge in [-0.2, -0.15) is 0 Å². The van der Waals surface area contributed by atoms with E-state index in [2.05, 4.69) is 43.5 Å². The summed E-state index contributed by atoms with van der Waals surface area (Å²) in [5.74, 6) is -0.247. The average molecular weight is 1240 g/mol. The van der Waals surface area contributed by atoms with Gasteiger partial charge in [0.15, 0.2) is 12.6 Å². The quantitative estimate of drug-likeness (QED) is 0.0204. The first-order valence-corrected chi connectivity index (χ1v) is 36.7. The number of carbonyl (C=O) groups is 1. The topological polar surface area (TPSA) is 228 Å². The molecule has 2 saturated heterocycles. The van der Waals surface area contributed by atoms with Gasteiger partial charge in [-0.15, -0.1) is 0 Å². The maximum Gasteiger partial charge on any atom is 0.220 e. The molecular weight excluding hydrogens is 1100 g/mol. The van der Waals surface area contributed by atoms with Gasteiger partial charge >= 0.3 is 0 Å².